The van der Waals surface area contributed by atoms with Crippen molar-refractivity contribution >= 4 is 11.5 Å². The number of nitriles is 1. The third-order valence-corrected chi connectivity index (χ3v) is 4.33. The number of aromatic nitrogens is 2. The lowest BCUT2D eigenvalue weighted by atomic mass is 10.2. The van der Waals surface area contributed by atoms with Crippen LogP contribution in [0.5, 0.6) is 6.01 Å². The summed E-state index contributed by atoms with van der Waals surface area (Å²) in [5, 5.41) is 8.86. The molecule has 1 aromatic carbocycles. The number of ether oxygens (including phenoxy) is 1. The van der Waals surface area contributed by atoms with Gasteiger partial charge in [0.15, 0.2) is 5.82 Å². The highest BCUT2D eigenvalue weighted by molar-refractivity contribution is 5.63. The minimum absolute atomic E-state index is 0.0552. The molecule has 1 aliphatic rings. The van der Waals surface area contributed by atoms with Crippen molar-refractivity contribution in [1.82, 2.24) is 9.97 Å². The van der Waals surface area contributed by atoms with Crippen molar-refractivity contribution in [1.29, 1.82) is 5.26 Å². The maximum atomic E-state index is 13.4. The van der Waals surface area contributed by atoms with Crippen molar-refractivity contribution in [3.05, 3.63) is 41.6 Å². The molecule has 1 fully saturated rings. The molecule has 2 aromatic rings. The summed E-state index contributed by atoms with van der Waals surface area (Å²) < 4.78 is 45.8. The van der Waals surface area contributed by atoms with Crippen molar-refractivity contribution in [2.24, 2.45) is 0 Å². The predicted octanol–water partition coefficient (Wildman–Crippen LogP) is 4.46. The lowest BCUT2D eigenvalue weighted by Gasteiger charge is -2.23. The molecule has 0 atom stereocenters. The van der Waals surface area contributed by atoms with Gasteiger partial charge in [0, 0.05) is 18.9 Å². The zero-order chi connectivity index (χ0) is 18.7. The van der Waals surface area contributed by atoms with Crippen LogP contribution in [0.15, 0.2) is 30.5 Å². The molecule has 8 heteroatoms. The number of hydrogen-bond acceptors (Lipinski definition) is 5. The Hall–Kier alpha value is -2.82. The van der Waals surface area contributed by atoms with E-state index in [1.165, 1.54) is 24.1 Å². The second-order valence-corrected chi connectivity index (χ2v) is 6.13. The largest absolute Gasteiger partial charge is 0.460 e. The lowest BCUT2D eigenvalue weighted by molar-refractivity contribution is -0.137. The van der Waals surface area contributed by atoms with Gasteiger partial charge in [0.05, 0.1) is 11.6 Å². The van der Waals surface area contributed by atoms with E-state index in [0.717, 1.165) is 31.9 Å². The maximum absolute atomic E-state index is 13.4. The van der Waals surface area contributed by atoms with E-state index in [2.05, 4.69) is 9.97 Å². The second kappa shape index (κ2) is 7.20. The molecule has 3 rings (SSSR count). The molecule has 1 aliphatic carbocycles. The summed E-state index contributed by atoms with van der Waals surface area (Å²) in [6, 6.07) is 8.13. The fraction of sp³-hybridized carbons (Fsp3) is 0.389. The molecule has 0 spiro atoms. The van der Waals surface area contributed by atoms with E-state index in [4.69, 9.17) is 10.00 Å². The molecule has 1 aromatic heterocycles. The van der Waals surface area contributed by atoms with E-state index in [9.17, 15) is 13.2 Å². The Morgan fingerprint density at radius 2 is 1.85 bits per heavy atom. The van der Waals surface area contributed by atoms with E-state index in [1.807, 2.05) is 6.07 Å². The van der Waals surface area contributed by atoms with Crippen LogP contribution in [0.2, 0.25) is 0 Å². The van der Waals surface area contributed by atoms with Crippen LogP contribution >= 0.6 is 0 Å². The highest BCUT2D eigenvalue weighted by Crippen LogP contribution is 2.38. The Morgan fingerprint density at radius 1 is 1.19 bits per heavy atom. The Kier molecular flexibility index (Phi) is 4.98. The van der Waals surface area contributed by atoms with Crippen LogP contribution in [-0.2, 0) is 6.18 Å². The van der Waals surface area contributed by atoms with Crippen LogP contribution in [0.1, 0.15) is 36.8 Å². The van der Waals surface area contributed by atoms with Gasteiger partial charge in [0.1, 0.15) is 11.7 Å². The topological polar surface area (TPSA) is 62.0 Å². The normalized spacial score (nSPS) is 14.9. The minimum Gasteiger partial charge on any atom is -0.460 e. The smallest absolute Gasteiger partial charge is 0.421 e. The highest BCUT2D eigenvalue weighted by atomic mass is 19.4. The molecular formula is C18H17F3N4O. The molecule has 0 saturated heterocycles. The van der Waals surface area contributed by atoms with Gasteiger partial charge in [-0.25, -0.2) is 4.98 Å². The molecule has 0 aliphatic heterocycles. The first-order valence-electron chi connectivity index (χ1n) is 8.23. The number of anilines is 2. The minimum atomic E-state index is -4.60. The summed E-state index contributed by atoms with van der Waals surface area (Å²) in [5.74, 6) is -0.287. The van der Waals surface area contributed by atoms with E-state index < -0.39 is 11.7 Å². The van der Waals surface area contributed by atoms with Crippen molar-refractivity contribution in [3.63, 3.8) is 0 Å². The second-order valence-electron chi connectivity index (χ2n) is 6.13. The van der Waals surface area contributed by atoms with Crippen molar-refractivity contribution in [2.45, 2.75) is 38.0 Å². The Balaban J connectivity index is 1.96. The molecule has 0 unspecified atom stereocenters. The Morgan fingerprint density at radius 3 is 2.42 bits per heavy atom. The first-order chi connectivity index (χ1) is 12.4. The molecule has 1 heterocycles. The van der Waals surface area contributed by atoms with Gasteiger partial charge in [-0.3, -0.25) is 0 Å². The molecule has 5 nitrogen and oxygen atoms in total. The number of benzene rings is 1. The summed E-state index contributed by atoms with van der Waals surface area (Å²) in [6.45, 7) is 0. The zero-order valence-electron chi connectivity index (χ0n) is 14.1. The summed E-state index contributed by atoms with van der Waals surface area (Å²) in [4.78, 5) is 9.09. The van der Waals surface area contributed by atoms with E-state index in [1.54, 1.807) is 12.1 Å². The van der Waals surface area contributed by atoms with Crippen LogP contribution < -0.4 is 9.64 Å². The first kappa shape index (κ1) is 18.0. The van der Waals surface area contributed by atoms with Crippen molar-refractivity contribution in [3.8, 4) is 12.1 Å². The SMILES string of the molecule is CN(c1ccc(C#N)cc1)c1nc(OC2CCCC2)ncc1C(F)(F)F. The number of rotatable bonds is 4. The Labute approximate surface area is 149 Å². The number of halogens is 3. The van der Waals surface area contributed by atoms with Gasteiger partial charge < -0.3 is 9.64 Å². The van der Waals surface area contributed by atoms with Crippen LogP contribution in [-0.4, -0.2) is 23.1 Å². The molecule has 0 radical (unpaired) electrons. The molecular weight excluding hydrogens is 345 g/mol. The molecule has 0 N–H and O–H groups in total. The summed E-state index contributed by atoms with van der Waals surface area (Å²) in [6.07, 6.45) is -0.127. The van der Waals surface area contributed by atoms with Crippen LogP contribution in [0, 0.1) is 11.3 Å². The van der Waals surface area contributed by atoms with Crippen LogP contribution in [0.4, 0.5) is 24.7 Å². The molecule has 1 saturated carbocycles. The van der Waals surface area contributed by atoms with Gasteiger partial charge in [-0.2, -0.15) is 23.4 Å². The average Bonchev–Trinajstić information content (AvgIpc) is 3.13. The molecule has 136 valence electrons. The first-order valence-corrected chi connectivity index (χ1v) is 8.23. The fourth-order valence-electron chi connectivity index (χ4n) is 2.91. The van der Waals surface area contributed by atoms with E-state index in [-0.39, 0.29) is 17.9 Å². The highest BCUT2D eigenvalue weighted by Gasteiger charge is 2.37. The third-order valence-electron chi connectivity index (χ3n) is 4.33. The quantitative estimate of drug-likeness (QED) is 0.804. The molecule has 26 heavy (non-hydrogen) atoms. The molecule has 0 amide bonds. The maximum Gasteiger partial charge on any atom is 0.421 e. The Bertz CT molecular complexity index is 809. The summed E-state index contributed by atoms with van der Waals surface area (Å²) >= 11 is 0. The van der Waals surface area contributed by atoms with Crippen molar-refractivity contribution < 1.29 is 17.9 Å². The van der Waals surface area contributed by atoms with Gasteiger partial charge in [-0.1, -0.05) is 0 Å². The standard InChI is InChI=1S/C18H17F3N4O/c1-25(13-8-6-12(10-22)7-9-13)16-15(18(19,20)21)11-23-17(24-16)26-14-4-2-3-5-14/h6-9,11,14H,2-5H2,1H3. The van der Waals surface area contributed by atoms with Gasteiger partial charge in [0.25, 0.3) is 0 Å². The van der Waals surface area contributed by atoms with E-state index >= 15 is 0 Å². The average molecular weight is 362 g/mol. The van der Waals surface area contributed by atoms with Gasteiger partial charge in [-0.05, 0) is 49.9 Å². The molecule has 0 bridgehead atoms. The fourth-order valence-corrected chi connectivity index (χ4v) is 2.91. The zero-order valence-corrected chi connectivity index (χ0v) is 14.1. The van der Waals surface area contributed by atoms with Gasteiger partial charge in [0.2, 0.25) is 0 Å². The van der Waals surface area contributed by atoms with Gasteiger partial charge in [-0.15, -0.1) is 0 Å². The van der Waals surface area contributed by atoms with E-state index in [0.29, 0.717) is 11.3 Å². The predicted molar refractivity (Wildman–Crippen MR) is 89.1 cm³/mol. The number of hydrogen-bond donors (Lipinski definition) is 0. The number of alkyl halides is 3. The van der Waals surface area contributed by atoms with Crippen LogP contribution in [0.3, 0.4) is 0 Å². The third kappa shape index (κ3) is 3.87. The lowest BCUT2D eigenvalue weighted by Crippen LogP contribution is -2.20. The summed E-state index contributed by atoms with van der Waals surface area (Å²) in [7, 11) is 1.48. The van der Waals surface area contributed by atoms with Crippen LogP contribution in [0.25, 0.3) is 0 Å². The van der Waals surface area contributed by atoms with Gasteiger partial charge >= 0.3 is 12.2 Å². The summed E-state index contributed by atoms with van der Waals surface area (Å²) in [5.41, 5.74) is -0.0470. The monoisotopic (exact) mass is 362 g/mol. The van der Waals surface area contributed by atoms with Crippen molar-refractivity contribution in [2.75, 3.05) is 11.9 Å². The number of nitrogens with zero attached hydrogens (tertiary/aromatic N) is 4.